The Kier molecular flexibility index (Phi) is 6.37. The van der Waals surface area contributed by atoms with Crippen LogP contribution >= 0.6 is 34.5 Å². The van der Waals surface area contributed by atoms with Crippen molar-refractivity contribution in [3.63, 3.8) is 0 Å². The lowest BCUT2D eigenvalue weighted by atomic mass is 10.2. The van der Waals surface area contributed by atoms with Crippen molar-refractivity contribution in [2.24, 2.45) is 0 Å². The van der Waals surface area contributed by atoms with E-state index in [4.69, 9.17) is 28.2 Å². The van der Waals surface area contributed by atoms with Crippen LogP contribution in [0.5, 0.6) is 0 Å². The number of thiazole rings is 1. The zero-order valence-corrected chi connectivity index (χ0v) is 17.8. The van der Waals surface area contributed by atoms with Crippen molar-refractivity contribution in [1.29, 1.82) is 0 Å². The normalized spacial score (nSPS) is 11.3. The molecule has 0 bridgehead atoms. The third-order valence-corrected chi connectivity index (χ3v) is 5.69. The first kappa shape index (κ1) is 20.1. The quantitative estimate of drug-likeness (QED) is 0.526. The van der Waals surface area contributed by atoms with Gasteiger partial charge in [-0.3, -0.25) is 9.69 Å². The lowest BCUT2D eigenvalue weighted by Crippen LogP contribution is -2.33. The van der Waals surface area contributed by atoms with Crippen molar-refractivity contribution in [3.8, 4) is 0 Å². The van der Waals surface area contributed by atoms with E-state index in [1.54, 1.807) is 29.2 Å². The molecular weight excluding hydrogens is 401 g/mol. The van der Waals surface area contributed by atoms with Gasteiger partial charge in [-0.2, -0.15) is 0 Å². The van der Waals surface area contributed by atoms with Crippen molar-refractivity contribution in [2.45, 2.75) is 13.3 Å². The maximum atomic E-state index is 13.2. The number of hydrogen-bond acceptors (Lipinski definition) is 4. The van der Waals surface area contributed by atoms with E-state index in [9.17, 15) is 4.79 Å². The first-order valence-electron chi connectivity index (χ1n) is 8.64. The van der Waals surface area contributed by atoms with E-state index >= 15 is 0 Å². The van der Waals surface area contributed by atoms with Gasteiger partial charge in [0.05, 0.1) is 10.2 Å². The summed E-state index contributed by atoms with van der Waals surface area (Å²) in [5.74, 6) is -0.0757. The Balaban J connectivity index is 1.97. The second kappa shape index (κ2) is 8.57. The van der Waals surface area contributed by atoms with Gasteiger partial charge in [0.25, 0.3) is 5.91 Å². The van der Waals surface area contributed by atoms with Gasteiger partial charge in [0.1, 0.15) is 0 Å². The first-order valence-corrected chi connectivity index (χ1v) is 10.2. The molecule has 0 aliphatic rings. The highest BCUT2D eigenvalue weighted by Crippen LogP contribution is 2.33. The third-order valence-electron chi connectivity index (χ3n) is 4.19. The number of fused-ring (bicyclic) bond motifs is 1. The third kappa shape index (κ3) is 4.79. The predicted molar refractivity (Wildman–Crippen MR) is 116 cm³/mol. The summed E-state index contributed by atoms with van der Waals surface area (Å²) < 4.78 is 0.983. The van der Waals surface area contributed by atoms with E-state index in [-0.39, 0.29) is 5.91 Å². The Labute approximate surface area is 173 Å². The largest absolute Gasteiger partial charge is 0.309 e. The molecule has 142 valence electrons. The van der Waals surface area contributed by atoms with Gasteiger partial charge in [-0.1, -0.05) is 34.5 Å². The van der Waals surface area contributed by atoms with Crippen molar-refractivity contribution >= 4 is 55.8 Å². The SMILES string of the molecule is Cc1cc(Cl)cc2sc(N(CCCN(C)C)C(=O)c3ccc(Cl)cc3)nc12. The highest BCUT2D eigenvalue weighted by atomic mass is 35.5. The van der Waals surface area contributed by atoms with Gasteiger partial charge in [0.15, 0.2) is 5.13 Å². The maximum Gasteiger partial charge on any atom is 0.260 e. The molecule has 0 aliphatic carbocycles. The van der Waals surface area contributed by atoms with Crippen LogP contribution in [-0.2, 0) is 0 Å². The fourth-order valence-corrected chi connectivity index (χ4v) is 4.41. The topological polar surface area (TPSA) is 36.4 Å². The number of carbonyl (C=O) groups excluding carboxylic acids is 1. The summed E-state index contributed by atoms with van der Waals surface area (Å²) in [5.41, 5.74) is 2.49. The van der Waals surface area contributed by atoms with Gasteiger partial charge in [-0.25, -0.2) is 4.98 Å². The van der Waals surface area contributed by atoms with Gasteiger partial charge < -0.3 is 4.90 Å². The van der Waals surface area contributed by atoms with E-state index in [0.717, 1.165) is 28.7 Å². The zero-order chi connectivity index (χ0) is 19.6. The molecule has 0 saturated heterocycles. The molecule has 3 aromatic rings. The first-order chi connectivity index (χ1) is 12.8. The van der Waals surface area contributed by atoms with Crippen LogP contribution in [0.3, 0.4) is 0 Å². The minimum absolute atomic E-state index is 0.0757. The molecule has 3 rings (SSSR count). The summed E-state index contributed by atoms with van der Waals surface area (Å²) in [6, 6.07) is 10.8. The number of carbonyl (C=O) groups is 1. The number of nitrogens with zero attached hydrogens (tertiary/aromatic N) is 3. The number of anilines is 1. The summed E-state index contributed by atoms with van der Waals surface area (Å²) in [7, 11) is 4.04. The van der Waals surface area contributed by atoms with Crippen LogP contribution in [0.4, 0.5) is 5.13 Å². The summed E-state index contributed by atoms with van der Waals surface area (Å²) in [6.45, 7) is 3.46. The van der Waals surface area contributed by atoms with Gasteiger partial charge in [-0.15, -0.1) is 0 Å². The average Bonchev–Trinajstić information content (AvgIpc) is 3.02. The Morgan fingerprint density at radius 2 is 1.78 bits per heavy atom. The maximum absolute atomic E-state index is 13.2. The van der Waals surface area contributed by atoms with Crippen LogP contribution in [0.15, 0.2) is 36.4 Å². The standard InChI is InChI=1S/C20H21Cl2N3OS/c1-13-11-16(22)12-17-18(13)23-20(27-17)25(10-4-9-24(2)3)19(26)14-5-7-15(21)8-6-14/h5-8,11-12H,4,9-10H2,1-3H3. The van der Waals surface area contributed by atoms with Gasteiger partial charge in [0, 0.05) is 22.2 Å². The molecule has 2 aromatic carbocycles. The Hall–Kier alpha value is -1.66. The molecule has 0 spiro atoms. The van der Waals surface area contributed by atoms with Gasteiger partial charge in [-0.05, 0) is 75.9 Å². The lowest BCUT2D eigenvalue weighted by Gasteiger charge is -2.21. The van der Waals surface area contributed by atoms with Crippen LogP contribution in [-0.4, -0.2) is 43.0 Å². The van der Waals surface area contributed by atoms with E-state index in [1.807, 2.05) is 33.2 Å². The molecule has 0 radical (unpaired) electrons. The molecular formula is C20H21Cl2N3OS. The number of amides is 1. The number of rotatable bonds is 6. The Bertz CT molecular complexity index is 954. The zero-order valence-electron chi connectivity index (χ0n) is 15.5. The Morgan fingerprint density at radius 1 is 1.07 bits per heavy atom. The van der Waals surface area contributed by atoms with Gasteiger partial charge >= 0.3 is 0 Å². The van der Waals surface area contributed by atoms with Crippen molar-refractivity contribution in [2.75, 3.05) is 32.1 Å². The summed E-state index contributed by atoms with van der Waals surface area (Å²) in [6.07, 6.45) is 0.849. The molecule has 27 heavy (non-hydrogen) atoms. The lowest BCUT2D eigenvalue weighted by molar-refractivity contribution is 0.0986. The molecule has 0 fully saturated rings. The molecule has 7 heteroatoms. The highest BCUT2D eigenvalue weighted by molar-refractivity contribution is 7.22. The Morgan fingerprint density at radius 3 is 2.44 bits per heavy atom. The van der Waals surface area contributed by atoms with E-state index in [2.05, 4.69) is 4.90 Å². The predicted octanol–water partition coefficient (Wildman–Crippen LogP) is 5.51. The second-order valence-electron chi connectivity index (χ2n) is 6.69. The summed E-state index contributed by atoms with van der Waals surface area (Å²) >= 11 is 13.6. The van der Waals surface area contributed by atoms with Crippen LogP contribution in [0.1, 0.15) is 22.3 Å². The van der Waals surface area contributed by atoms with Crippen molar-refractivity contribution in [1.82, 2.24) is 9.88 Å². The molecule has 0 unspecified atom stereocenters. The highest BCUT2D eigenvalue weighted by Gasteiger charge is 2.21. The minimum atomic E-state index is -0.0757. The molecule has 0 aliphatic heterocycles. The number of halogens is 2. The summed E-state index contributed by atoms with van der Waals surface area (Å²) in [4.78, 5) is 21.8. The van der Waals surface area contributed by atoms with Crippen LogP contribution in [0.2, 0.25) is 10.0 Å². The van der Waals surface area contributed by atoms with E-state index in [1.165, 1.54) is 11.3 Å². The number of aryl methyl sites for hydroxylation is 1. The minimum Gasteiger partial charge on any atom is -0.309 e. The van der Waals surface area contributed by atoms with Crippen molar-refractivity contribution < 1.29 is 4.79 Å². The second-order valence-corrected chi connectivity index (χ2v) is 8.57. The smallest absolute Gasteiger partial charge is 0.260 e. The molecule has 0 N–H and O–H groups in total. The molecule has 0 atom stereocenters. The summed E-state index contributed by atoms with van der Waals surface area (Å²) in [5, 5.41) is 1.98. The number of aromatic nitrogens is 1. The number of benzene rings is 2. The fraction of sp³-hybridized carbons (Fsp3) is 0.300. The van der Waals surface area contributed by atoms with E-state index in [0.29, 0.717) is 27.3 Å². The molecule has 1 aromatic heterocycles. The average molecular weight is 422 g/mol. The molecule has 1 heterocycles. The number of hydrogen-bond donors (Lipinski definition) is 0. The van der Waals surface area contributed by atoms with Crippen LogP contribution < -0.4 is 4.90 Å². The molecule has 4 nitrogen and oxygen atoms in total. The van der Waals surface area contributed by atoms with Gasteiger partial charge in [0.2, 0.25) is 0 Å². The van der Waals surface area contributed by atoms with Crippen molar-refractivity contribution in [3.05, 3.63) is 57.6 Å². The fourth-order valence-electron chi connectivity index (χ4n) is 2.84. The van der Waals surface area contributed by atoms with Crippen LogP contribution in [0, 0.1) is 6.92 Å². The van der Waals surface area contributed by atoms with E-state index < -0.39 is 0 Å². The molecule has 1 amide bonds. The van der Waals surface area contributed by atoms with Crippen LogP contribution in [0.25, 0.3) is 10.2 Å². The monoisotopic (exact) mass is 421 g/mol. The molecule has 0 saturated carbocycles.